The van der Waals surface area contributed by atoms with E-state index < -0.39 is 5.60 Å². The monoisotopic (exact) mass is 431 g/mol. The van der Waals surface area contributed by atoms with Crippen LogP contribution in [-0.2, 0) is 4.74 Å². The Morgan fingerprint density at radius 1 is 1.12 bits per heavy atom. The van der Waals surface area contributed by atoms with Crippen molar-refractivity contribution >= 4 is 22.7 Å². The number of ether oxygens (including phenoxy) is 1. The summed E-state index contributed by atoms with van der Waals surface area (Å²) in [6.07, 6.45) is 1.42. The molecule has 1 aromatic carbocycles. The molecule has 0 spiro atoms. The van der Waals surface area contributed by atoms with E-state index >= 15 is 0 Å². The SMILES string of the molecule is CC(C)(C)OC(=O)N1CCN(c2ccc(-c3cc4c(C#N)cccc4c(=O)[nH]3)cn2)CC1. The Morgan fingerprint density at radius 2 is 1.88 bits per heavy atom. The molecule has 1 amide bonds. The van der Waals surface area contributed by atoms with Crippen LogP contribution in [0, 0.1) is 11.3 Å². The number of hydrogen-bond acceptors (Lipinski definition) is 6. The highest BCUT2D eigenvalue weighted by Gasteiger charge is 2.26. The number of pyridine rings is 2. The topological polar surface area (TPSA) is 102 Å². The minimum absolute atomic E-state index is 0.239. The number of nitrogens with zero attached hydrogens (tertiary/aromatic N) is 4. The van der Waals surface area contributed by atoms with Crippen LogP contribution in [0.15, 0.2) is 47.4 Å². The highest BCUT2D eigenvalue weighted by atomic mass is 16.6. The first-order valence-corrected chi connectivity index (χ1v) is 10.5. The fourth-order valence-electron chi connectivity index (χ4n) is 3.72. The molecule has 1 fully saturated rings. The third kappa shape index (κ3) is 4.42. The zero-order valence-electron chi connectivity index (χ0n) is 18.4. The van der Waals surface area contributed by atoms with E-state index in [-0.39, 0.29) is 11.7 Å². The molecule has 3 aromatic rings. The first-order valence-electron chi connectivity index (χ1n) is 10.5. The summed E-state index contributed by atoms with van der Waals surface area (Å²) in [6, 6.07) is 12.9. The molecule has 4 rings (SSSR count). The second kappa shape index (κ2) is 8.35. The summed E-state index contributed by atoms with van der Waals surface area (Å²) in [5.41, 5.74) is 1.08. The summed E-state index contributed by atoms with van der Waals surface area (Å²) in [5.74, 6) is 0.804. The van der Waals surface area contributed by atoms with Crippen molar-refractivity contribution in [3.05, 3.63) is 58.5 Å². The third-order valence-electron chi connectivity index (χ3n) is 5.32. The van der Waals surface area contributed by atoms with Gasteiger partial charge in [0.05, 0.1) is 17.3 Å². The van der Waals surface area contributed by atoms with Gasteiger partial charge in [-0.1, -0.05) is 6.07 Å². The van der Waals surface area contributed by atoms with Crippen molar-refractivity contribution in [1.82, 2.24) is 14.9 Å². The smallest absolute Gasteiger partial charge is 0.410 e. The summed E-state index contributed by atoms with van der Waals surface area (Å²) in [7, 11) is 0. The van der Waals surface area contributed by atoms with E-state index in [4.69, 9.17) is 4.74 Å². The van der Waals surface area contributed by atoms with Gasteiger partial charge in [0, 0.05) is 48.7 Å². The average molecular weight is 431 g/mol. The number of fused-ring (bicyclic) bond motifs is 1. The van der Waals surface area contributed by atoms with Crippen molar-refractivity contribution in [3.8, 4) is 17.3 Å². The molecule has 0 atom stereocenters. The van der Waals surface area contributed by atoms with Gasteiger partial charge in [-0.2, -0.15) is 5.26 Å². The first-order chi connectivity index (χ1) is 15.2. The maximum atomic E-state index is 12.5. The molecular formula is C24H25N5O3. The summed E-state index contributed by atoms with van der Waals surface area (Å²) in [4.78, 5) is 36.0. The molecular weight excluding hydrogens is 406 g/mol. The zero-order chi connectivity index (χ0) is 22.9. The van der Waals surface area contributed by atoms with Crippen molar-refractivity contribution in [2.75, 3.05) is 31.1 Å². The lowest BCUT2D eigenvalue weighted by atomic mass is 10.0. The standard InChI is InChI=1S/C24H25N5O3/c1-24(2,3)32-23(31)29-11-9-28(10-12-29)21-8-7-17(15-26-21)20-13-19-16(14-25)5-4-6-18(19)22(30)27-20/h4-8,13,15H,9-12H2,1-3H3,(H,27,30). The van der Waals surface area contributed by atoms with Crippen LogP contribution in [0.25, 0.3) is 22.0 Å². The number of amides is 1. The van der Waals surface area contributed by atoms with Gasteiger partial charge < -0.3 is 19.5 Å². The Labute approximate surface area is 186 Å². The number of piperazine rings is 1. The first kappa shape index (κ1) is 21.4. The molecule has 1 aliphatic rings. The van der Waals surface area contributed by atoms with E-state index in [0.717, 1.165) is 11.4 Å². The van der Waals surface area contributed by atoms with Crippen molar-refractivity contribution in [2.24, 2.45) is 0 Å². The van der Waals surface area contributed by atoms with Gasteiger partial charge in [0.2, 0.25) is 0 Å². The van der Waals surface area contributed by atoms with E-state index in [2.05, 4.69) is 20.9 Å². The molecule has 0 radical (unpaired) electrons. The van der Waals surface area contributed by atoms with Crippen LogP contribution in [-0.4, -0.2) is 52.7 Å². The van der Waals surface area contributed by atoms with Crippen molar-refractivity contribution in [3.63, 3.8) is 0 Å². The molecule has 2 aromatic heterocycles. The van der Waals surface area contributed by atoms with Crippen LogP contribution >= 0.6 is 0 Å². The number of anilines is 1. The minimum Gasteiger partial charge on any atom is -0.444 e. The Hall–Kier alpha value is -3.86. The number of hydrogen-bond donors (Lipinski definition) is 1. The number of carbonyl (C=O) groups excluding carboxylic acids is 1. The van der Waals surface area contributed by atoms with Gasteiger partial charge in [0.15, 0.2) is 0 Å². The summed E-state index contributed by atoms with van der Waals surface area (Å²) in [6.45, 7) is 8.01. The molecule has 1 aliphatic heterocycles. The maximum absolute atomic E-state index is 12.5. The number of rotatable bonds is 2. The van der Waals surface area contributed by atoms with E-state index in [1.807, 2.05) is 39.0 Å². The summed E-state index contributed by atoms with van der Waals surface area (Å²) < 4.78 is 5.44. The Bertz CT molecular complexity index is 1240. The number of carbonyl (C=O) groups is 1. The van der Waals surface area contributed by atoms with E-state index in [9.17, 15) is 14.9 Å². The Kier molecular flexibility index (Phi) is 5.57. The molecule has 3 heterocycles. The second-order valence-corrected chi connectivity index (χ2v) is 8.75. The molecule has 0 aliphatic carbocycles. The zero-order valence-corrected chi connectivity index (χ0v) is 18.4. The summed E-state index contributed by atoms with van der Waals surface area (Å²) in [5, 5.41) is 10.5. The second-order valence-electron chi connectivity index (χ2n) is 8.75. The van der Waals surface area contributed by atoms with Crippen molar-refractivity contribution in [2.45, 2.75) is 26.4 Å². The predicted octanol–water partition coefficient (Wildman–Crippen LogP) is 3.52. The predicted molar refractivity (Wildman–Crippen MR) is 123 cm³/mol. The van der Waals surface area contributed by atoms with Crippen molar-refractivity contribution < 1.29 is 9.53 Å². The van der Waals surface area contributed by atoms with Crippen LogP contribution < -0.4 is 10.5 Å². The largest absolute Gasteiger partial charge is 0.444 e. The van der Waals surface area contributed by atoms with Gasteiger partial charge in [-0.05, 0) is 51.1 Å². The van der Waals surface area contributed by atoms with E-state index in [0.29, 0.717) is 48.2 Å². The van der Waals surface area contributed by atoms with Crippen LogP contribution in [0.2, 0.25) is 0 Å². The lowest BCUT2D eigenvalue weighted by Gasteiger charge is -2.36. The average Bonchev–Trinajstić information content (AvgIpc) is 2.78. The Balaban J connectivity index is 1.50. The molecule has 164 valence electrons. The maximum Gasteiger partial charge on any atom is 0.410 e. The number of aromatic amines is 1. The number of benzene rings is 1. The van der Waals surface area contributed by atoms with Gasteiger partial charge in [0.1, 0.15) is 11.4 Å². The fourth-order valence-corrected chi connectivity index (χ4v) is 3.72. The van der Waals surface area contributed by atoms with E-state index in [1.54, 1.807) is 29.3 Å². The molecule has 1 N–H and O–H groups in total. The highest BCUT2D eigenvalue weighted by Crippen LogP contribution is 2.24. The third-order valence-corrected chi connectivity index (χ3v) is 5.32. The van der Waals surface area contributed by atoms with Crippen molar-refractivity contribution in [1.29, 1.82) is 5.26 Å². The Morgan fingerprint density at radius 3 is 2.50 bits per heavy atom. The van der Waals surface area contributed by atoms with Crippen LogP contribution in [0.3, 0.4) is 0 Å². The number of aromatic nitrogens is 2. The molecule has 8 nitrogen and oxygen atoms in total. The van der Waals surface area contributed by atoms with E-state index in [1.165, 1.54) is 0 Å². The van der Waals surface area contributed by atoms with Crippen LogP contribution in [0.5, 0.6) is 0 Å². The van der Waals surface area contributed by atoms with Gasteiger partial charge in [0.25, 0.3) is 5.56 Å². The highest BCUT2D eigenvalue weighted by molar-refractivity contribution is 5.89. The minimum atomic E-state index is -0.511. The van der Waals surface area contributed by atoms with Gasteiger partial charge in [-0.3, -0.25) is 4.79 Å². The summed E-state index contributed by atoms with van der Waals surface area (Å²) >= 11 is 0. The van der Waals surface area contributed by atoms with Crippen LogP contribution in [0.4, 0.5) is 10.6 Å². The molecule has 0 saturated carbocycles. The van der Waals surface area contributed by atoms with Gasteiger partial charge >= 0.3 is 6.09 Å². The molecule has 0 unspecified atom stereocenters. The van der Waals surface area contributed by atoms with Gasteiger partial charge in [-0.25, -0.2) is 9.78 Å². The normalized spacial score (nSPS) is 14.3. The molecule has 1 saturated heterocycles. The molecule has 8 heteroatoms. The quantitative estimate of drug-likeness (QED) is 0.666. The number of nitriles is 1. The number of nitrogens with one attached hydrogen (secondary N) is 1. The van der Waals surface area contributed by atoms with Gasteiger partial charge in [-0.15, -0.1) is 0 Å². The molecule has 0 bridgehead atoms. The van der Waals surface area contributed by atoms with Crippen LogP contribution in [0.1, 0.15) is 26.3 Å². The fraction of sp³-hybridized carbons (Fsp3) is 0.333. The lowest BCUT2D eigenvalue weighted by Crippen LogP contribution is -2.50. The number of H-pyrrole nitrogens is 1. The lowest BCUT2D eigenvalue weighted by molar-refractivity contribution is 0.0240. The molecule has 32 heavy (non-hydrogen) atoms.